The predicted octanol–water partition coefficient (Wildman–Crippen LogP) is 1.72. The molecule has 6 heteroatoms. The number of carbonyl (C=O) groups excluding carboxylic acids is 2. The molecular formula is C16H21N3O3. The molecule has 0 radical (unpaired) electrons. The first kappa shape index (κ1) is 14.8. The Balaban J connectivity index is 1.53. The fraction of sp³-hybridized carbons (Fsp3) is 0.500. The highest BCUT2D eigenvalue weighted by molar-refractivity contribution is 5.99. The molecule has 0 bridgehead atoms. The van der Waals surface area contributed by atoms with Crippen molar-refractivity contribution in [3.05, 3.63) is 29.3 Å². The molecule has 1 aromatic rings. The van der Waals surface area contributed by atoms with E-state index in [9.17, 15) is 9.59 Å². The van der Waals surface area contributed by atoms with Crippen LogP contribution in [0.3, 0.4) is 0 Å². The van der Waals surface area contributed by atoms with Crippen LogP contribution in [0, 0.1) is 0 Å². The van der Waals surface area contributed by atoms with Gasteiger partial charge in [0.1, 0.15) is 0 Å². The molecule has 118 valence electrons. The van der Waals surface area contributed by atoms with Crippen LogP contribution in [0.1, 0.15) is 36.9 Å². The molecule has 0 aromatic heterocycles. The Labute approximate surface area is 129 Å². The minimum absolute atomic E-state index is 0.0158. The van der Waals surface area contributed by atoms with Gasteiger partial charge in [0.05, 0.1) is 18.6 Å². The average molecular weight is 303 g/mol. The molecule has 0 unspecified atom stereocenters. The van der Waals surface area contributed by atoms with E-state index in [1.807, 2.05) is 25.1 Å². The Morgan fingerprint density at radius 1 is 1.50 bits per heavy atom. The van der Waals surface area contributed by atoms with Crippen LogP contribution >= 0.6 is 0 Å². The second-order valence-electron chi connectivity index (χ2n) is 5.85. The van der Waals surface area contributed by atoms with Crippen molar-refractivity contribution in [1.82, 2.24) is 10.6 Å². The lowest BCUT2D eigenvalue weighted by Crippen LogP contribution is -2.40. The van der Waals surface area contributed by atoms with Crippen LogP contribution in [-0.4, -0.2) is 31.2 Å². The molecular weight excluding hydrogens is 282 g/mol. The molecule has 3 rings (SSSR count). The van der Waals surface area contributed by atoms with Crippen molar-refractivity contribution in [1.29, 1.82) is 0 Å². The molecule has 2 aliphatic rings. The summed E-state index contributed by atoms with van der Waals surface area (Å²) in [5.41, 5.74) is 2.84. The lowest BCUT2D eigenvalue weighted by molar-refractivity contribution is -0.115. The molecule has 2 atom stereocenters. The van der Waals surface area contributed by atoms with E-state index in [0.717, 1.165) is 36.3 Å². The van der Waals surface area contributed by atoms with Gasteiger partial charge < -0.3 is 20.7 Å². The SMILES string of the molecule is C[C@H](NC(=O)NC[C@H]1CCCO1)c1ccc2c(c1)CC(=O)N2. The van der Waals surface area contributed by atoms with Gasteiger partial charge in [-0.3, -0.25) is 4.79 Å². The van der Waals surface area contributed by atoms with E-state index in [0.29, 0.717) is 13.0 Å². The highest BCUT2D eigenvalue weighted by Gasteiger charge is 2.20. The van der Waals surface area contributed by atoms with Crippen molar-refractivity contribution in [3.63, 3.8) is 0 Å². The van der Waals surface area contributed by atoms with E-state index in [1.165, 1.54) is 0 Å². The van der Waals surface area contributed by atoms with Crippen molar-refractivity contribution >= 4 is 17.6 Å². The number of hydrogen-bond donors (Lipinski definition) is 3. The predicted molar refractivity (Wildman–Crippen MR) is 82.7 cm³/mol. The minimum atomic E-state index is -0.197. The maximum Gasteiger partial charge on any atom is 0.315 e. The number of rotatable bonds is 4. The standard InChI is InChI=1S/C16H21N3O3/c1-10(18-16(21)17-9-13-3-2-6-22-13)11-4-5-14-12(7-11)8-15(20)19-14/h4-5,7,10,13H,2-3,6,8-9H2,1H3,(H,19,20)(H2,17,18,21)/t10-,13+/m0/s1. The zero-order chi connectivity index (χ0) is 15.5. The van der Waals surface area contributed by atoms with Gasteiger partial charge >= 0.3 is 6.03 Å². The number of urea groups is 1. The molecule has 2 aliphatic heterocycles. The maximum absolute atomic E-state index is 11.9. The van der Waals surface area contributed by atoms with E-state index < -0.39 is 0 Å². The second kappa shape index (κ2) is 6.36. The molecule has 1 fully saturated rings. The van der Waals surface area contributed by atoms with Crippen LogP contribution in [0.25, 0.3) is 0 Å². The molecule has 1 aromatic carbocycles. The lowest BCUT2D eigenvalue weighted by Gasteiger charge is -2.17. The highest BCUT2D eigenvalue weighted by Crippen LogP contribution is 2.26. The summed E-state index contributed by atoms with van der Waals surface area (Å²) in [5, 5.41) is 8.56. The van der Waals surface area contributed by atoms with E-state index in [2.05, 4.69) is 16.0 Å². The van der Waals surface area contributed by atoms with Crippen LogP contribution in [0.15, 0.2) is 18.2 Å². The van der Waals surface area contributed by atoms with Crippen molar-refractivity contribution in [2.45, 2.75) is 38.3 Å². The van der Waals surface area contributed by atoms with Gasteiger partial charge in [0.25, 0.3) is 0 Å². The molecule has 0 saturated carbocycles. The largest absolute Gasteiger partial charge is 0.376 e. The van der Waals surface area contributed by atoms with Crippen molar-refractivity contribution in [2.75, 3.05) is 18.5 Å². The summed E-state index contributed by atoms with van der Waals surface area (Å²) >= 11 is 0. The summed E-state index contributed by atoms with van der Waals surface area (Å²) in [6.45, 7) is 3.25. The Hall–Kier alpha value is -2.08. The summed E-state index contributed by atoms with van der Waals surface area (Å²) in [6, 6.07) is 5.47. The number of ether oxygens (including phenoxy) is 1. The molecule has 2 heterocycles. The summed E-state index contributed by atoms with van der Waals surface area (Å²) in [5.74, 6) is 0.0158. The first-order valence-electron chi connectivity index (χ1n) is 7.70. The third-order valence-electron chi connectivity index (χ3n) is 4.12. The maximum atomic E-state index is 11.9. The first-order chi connectivity index (χ1) is 10.6. The molecule has 0 spiro atoms. The summed E-state index contributed by atoms with van der Waals surface area (Å²) < 4.78 is 5.47. The molecule has 6 nitrogen and oxygen atoms in total. The normalized spacial score (nSPS) is 21.1. The van der Waals surface area contributed by atoms with E-state index in [4.69, 9.17) is 4.74 Å². The van der Waals surface area contributed by atoms with Crippen molar-refractivity contribution in [2.24, 2.45) is 0 Å². The molecule has 22 heavy (non-hydrogen) atoms. The van der Waals surface area contributed by atoms with Crippen LogP contribution < -0.4 is 16.0 Å². The van der Waals surface area contributed by atoms with E-state index in [1.54, 1.807) is 0 Å². The van der Waals surface area contributed by atoms with Crippen LogP contribution in [0.5, 0.6) is 0 Å². The Bertz CT molecular complexity index is 582. The fourth-order valence-corrected chi connectivity index (χ4v) is 2.86. The smallest absolute Gasteiger partial charge is 0.315 e. The van der Waals surface area contributed by atoms with Crippen LogP contribution in [0.2, 0.25) is 0 Å². The van der Waals surface area contributed by atoms with Gasteiger partial charge in [-0.25, -0.2) is 4.79 Å². The summed E-state index contributed by atoms with van der Waals surface area (Å²) in [7, 11) is 0. The number of anilines is 1. The highest BCUT2D eigenvalue weighted by atomic mass is 16.5. The van der Waals surface area contributed by atoms with Gasteiger partial charge in [0.15, 0.2) is 0 Å². The third kappa shape index (κ3) is 3.39. The average Bonchev–Trinajstić information content (AvgIpc) is 3.12. The first-order valence-corrected chi connectivity index (χ1v) is 7.70. The van der Waals surface area contributed by atoms with Crippen LogP contribution in [0.4, 0.5) is 10.5 Å². The van der Waals surface area contributed by atoms with Gasteiger partial charge in [-0.05, 0) is 37.0 Å². The number of nitrogens with one attached hydrogen (secondary N) is 3. The molecule has 0 aliphatic carbocycles. The van der Waals surface area contributed by atoms with Gasteiger partial charge in [0, 0.05) is 18.8 Å². The Morgan fingerprint density at radius 3 is 3.14 bits per heavy atom. The zero-order valence-corrected chi connectivity index (χ0v) is 12.6. The third-order valence-corrected chi connectivity index (χ3v) is 4.12. The Morgan fingerprint density at radius 2 is 2.36 bits per heavy atom. The topological polar surface area (TPSA) is 79.5 Å². The lowest BCUT2D eigenvalue weighted by atomic mass is 10.0. The molecule has 3 amide bonds. The number of fused-ring (bicyclic) bond motifs is 1. The van der Waals surface area contributed by atoms with Crippen LogP contribution in [-0.2, 0) is 16.0 Å². The second-order valence-corrected chi connectivity index (χ2v) is 5.85. The zero-order valence-electron chi connectivity index (χ0n) is 12.6. The summed E-state index contributed by atoms with van der Waals surface area (Å²) in [6.07, 6.45) is 2.60. The number of amides is 3. The van der Waals surface area contributed by atoms with Crippen molar-refractivity contribution < 1.29 is 14.3 Å². The van der Waals surface area contributed by atoms with Gasteiger partial charge in [-0.1, -0.05) is 12.1 Å². The van der Waals surface area contributed by atoms with Crippen molar-refractivity contribution in [3.8, 4) is 0 Å². The number of benzene rings is 1. The number of carbonyl (C=O) groups is 2. The number of hydrogen-bond acceptors (Lipinski definition) is 3. The fourth-order valence-electron chi connectivity index (χ4n) is 2.86. The molecule has 1 saturated heterocycles. The Kier molecular flexibility index (Phi) is 4.29. The molecule has 3 N–H and O–H groups in total. The van der Waals surface area contributed by atoms with Gasteiger partial charge in [-0.15, -0.1) is 0 Å². The van der Waals surface area contributed by atoms with Gasteiger partial charge in [0.2, 0.25) is 5.91 Å². The minimum Gasteiger partial charge on any atom is -0.376 e. The monoisotopic (exact) mass is 303 g/mol. The van der Waals surface area contributed by atoms with Gasteiger partial charge in [-0.2, -0.15) is 0 Å². The van der Waals surface area contributed by atoms with E-state index >= 15 is 0 Å². The quantitative estimate of drug-likeness (QED) is 0.792. The van der Waals surface area contributed by atoms with E-state index in [-0.39, 0.29) is 24.1 Å². The summed E-state index contributed by atoms with van der Waals surface area (Å²) in [4.78, 5) is 23.3.